The van der Waals surface area contributed by atoms with Crippen LogP contribution in [0.5, 0.6) is 0 Å². The van der Waals surface area contributed by atoms with Crippen molar-refractivity contribution < 1.29 is 9.90 Å². The summed E-state index contributed by atoms with van der Waals surface area (Å²) >= 11 is 0. The van der Waals surface area contributed by atoms with Gasteiger partial charge in [-0.1, -0.05) is 0 Å². The standard InChI is InChI=1S/C18H22N8O2/c1-11-7-12(2)26-18(21-11)23-15(24-26)8-17(28)22-13-3-6-25(10-14(13)27)16-9-19-4-5-20-16/h4-5,7,9,13-14,27H,3,6,8,10H2,1-2H3,(H,22,28)/t13-,14-/m1/s1. The highest BCUT2D eigenvalue weighted by Gasteiger charge is 2.29. The number of fused-ring (bicyclic) bond motifs is 1. The van der Waals surface area contributed by atoms with Crippen LogP contribution in [-0.2, 0) is 11.2 Å². The first kappa shape index (κ1) is 18.2. The number of amides is 1. The molecule has 10 heteroatoms. The molecule has 0 radical (unpaired) electrons. The number of hydrogen-bond donors (Lipinski definition) is 2. The van der Waals surface area contributed by atoms with Crippen molar-refractivity contribution in [3.8, 4) is 0 Å². The Hall–Kier alpha value is -3.14. The van der Waals surface area contributed by atoms with Crippen LogP contribution in [-0.4, -0.2) is 65.8 Å². The molecule has 0 saturated carbocycles. The van der Waals surface area contributed by atoms with Crippen molar-refractivity contribution in [2.24, 2.45) is 0 Å². The largest absolute Gasteiger partial charge is 0.389 e. The molecule has 1 aliphatic rings. The van der Waals surface area contributed by atoms with Gasteiger partial charge in [0.1, 0.15) is 5.82 Å². The monoisotopic (exact) mass is 382 g/mol. The molecule has 4 rings (SSSR count). The van der Waals surface area contributed by atoms with Crippen molar-refractivity contribution in [2.75, 3.05) is 18.0 Å². The van der Waals surface area contributed by atoms with E-state index in [2.05, 4.69) is 30.4 Å². The van der Waals surface area contributed by atoms with Crippen molar-refractivity contribution >= 4 is 17.5 Å². The number of aliphatic hydroxyl groups excluding tert-OH is 1. The molecule has 3 aromatic rings. The number of carbonyl (C=O) groups excluding carboxylic acids is 1. The van der Waals surface area contributed by atoms with Crippen LogP contribution in [0.2, 0.25) is 0 Å². The Morgan fingerprint density at radius 3 is 2.93 bits per heavy atom. The molecule has 28 heavy (non-hydrogen) atoms. The minimum absolute atomic E-state index is 0.0406. The number of aromatic nitrogens is 6. The molecule has 0 spiro atoms. The molecular formula is C18H22N8O2. The molecule has 1 aliphatic heterocycles. The lowest BCUT2D eigenvalue weighted by molar-refractivity contribution is -0.122. The van der Waals surface area contributed by atoms with Crippen molar-refractivity contribution in [2.45, 2.75) is 38.8 Å². The average molecular weight is 382 g/mol. The predicted molar refractivity (Wildman–Crippen MR) is 101 cm³/mol. The fourth-order valence-corrected chi connectivity index (χ4v) is 3.45. The summed E-state index contributed by atoms with van der Waals surface area (Å²) in [6, 6.07) is 1.59. The molecular weight excluding hydrogens is 360 g/mol. The molecule has 0 aliphatic carbocycles. The van der Waals surface area contributed by atoms with Crippen LogP contribution in [0.1, 0.15) is 23.6 Å². The number of rotatable bonds is 4. The van der Waals surface area contributed by atoms with E-state index in [1.54, 1.807) is 23.1 Å². The normalized spacial score (nSPS) is 19.8. The Kier molecular flexibility index (Phi) is 4.86. The highest BCUT2D eigenvalue weighted by molar-refractivity contribution is 5.78. The molecule has 10 nitrogen and oxygen atoms in total. The third kappa shape index (κ3) is 3.77. The number of carbonyl (C=O) groups is 1. The number of piperidine rings is 1. The Labute approximate surface area is 161 Å². The van der Waals surface area contributed by atoms with E-state index in [0.717, 1.165) is 17.2 Å². The van der Waals surface area contributed by atoms with Crippen LogP contribution in [0.25, 0.3) is 5.78 Å². The van der Waals surface area contributed by atoms with E-state index in [9.17, 15) is 9.90 Å². The van der Waals surface area contributed by atoms with Crippen molar-refractivity contribution in [1.29, 1.82) is 0 Å². The fraction of sp³-hybridized carbons (Fsp3) is 0.444. The summed E-state index contributed by atoms with van der Waals surface area (Å²) in [6.45, 7) is 4.87. The van der Waals surface area contributed by atoms with E-state index in [-0.39, 0.29) is 18.4 Å². The Morgan fingerprint density at radius 1 is 1.32 bits per heavy atom. The van der Waals surface area contributed by atoms with E-state index in [0.29, 0.717) is 31.1 Å². The van der Waals surface area contributed by atoms with Gasteiger partial charge >= 0.3 is 0 Å². The minimum Gasteiger partial charge on any atom is -0.389 e. The summed E-state index contributed by atoms with van der Waals surface area (Å²) in [5, 5.41) is 17.7. The summed E-state index contributed by atoms with van der Waals surface area (Å²) in [4.78, 5) is 31.4. The van der Waals surface area contributed by atoms with Gasteiger partial charge in [-0.15, -0.1) is 5.10 Å². The van der Waals surface area contributed by atoms with Gasteiger partial charge < -0.3 is 15.3 Å². The lowest BCUT2D eigenvalue weighted by Gasteiger charge is -2.36. The second-order valence-electron chi connectivity index (χ2n) is 7.00. The number of β-amino-alcohol motifs (C(OH)–C–C–N with tert-alkyl or cyclic N) is 1. The second-order valence-corrected chi connectivity index (χ2v) is 7.00. The van der Waals surface area contributed by atoms with Crippen molar-refractivity contribution in [3.63, 3.8) is 0 Å². The van der Waals surface area contributed by atoms with Gasteiger partial charge in [-0.3, -0.25) is 9.78 Å². The zero-order valence-corrected chi connectivity index (χ0v) is 15.8. The number of nitrogens with zero attached hydrogens (tertiary/aromatic N) is 7. The number of anilines is 1. The highest BCUT2D eigenvalue weighted by Crippen LogP contribution is 2.17. The van der Waals surface area contributed by atoms with Gasteiger partial charge in [-0.2, -0.15) is 4.98 Å². The van der Waals surface area contributed by atoms with E-state index in [1.807, 2.05) is 24.8 Å². The third-order valence-corrected chi connectivity index (χ3v) is 4.78. The maximum atomic E-state index is 12.4. The number of aliphatic hydroxyl groups is 1. The van der Waals surface area contributed by atoms with Crippen LogP contribution >= 0.6 is 0 Å². The summed E-state index contributed by atoms with van der Waals surface area (Å²) in [7, 11) is 0. The van der Waals surface area contributed by atoms with Crippen LogP contribution < -0.4 is 10.2 Å². The molecule has 0 unspecified atom stereocenters. The van der Waals surface area contributed by atoms with E-state index in [4.69, 9.17) is 0 Å². The molecule has 0 bridgehead atoms. The maximum Gasteiger partial charge on any atom is 0.252 e. The van der Waals surface area contributed by atoms with Gasteiger partial charge in [-0.05, 0) is 26.3 Å². The Balaban J connectivity index is 1.37. The summed E-state index contributed by atoms with van der Waals surface area (Å²) in [5.41, 5.74) is 1.76. The number of nitrogens with one attached hydrogen (secondary N) is 1. The first-order valence-corrected chi connectivity index (χ1v) is 9.18. The molecule has 146 valence electrons. The molecule has 0 aromatic carbocycles. The zero-order valence-electron chi connectivity index (χ0n) is 15.8. The van der Waals surface area contributed by atoms with Gasteiger partial charge in [0.05, 0.1) is 24.8 Å². The number of hydrogen-bond acceptors (Lipinski definition) is 8. The van der Waals surface area contributed by atoms with Gasteiger partial charge in [0.15, 0.2) is 5.82 Å². The van der Waals surface area contributed by atoms with E-state index < -0.39 is 6.10 Å². The van der Waals surface area contributed by atoms with Gasteiger partial charge in [-0.25, -0.2) is 14.5 Å². The summed E-state index contributed by atoms with van der Waals surface area (Å²) in [5.74, 6) is 1.39. The topological polar surface area (TPSA) is 121 Å². The summed E-state index contributed by atoms with van der Waals surface area (Å²) in [6.07, 6.45) is 4.85. The second kappa shape index (κ2) is 7.47. The first-order chi connectivity index (χ1) is 13.5. The predicted octanol–water partition coefficient (Wildman–Crippen LogP) is -0.170. The average Bonchev–Trinajstić information content (AvgIpc) is 3.06. The zero-order chi connectivity index (χ0) is 19.7. The highest BCUT2D eigenvalue weighted by atomic mass is 16.3. The molecule has 1 saturated heterocycles. The molecule has 1 amide bonds. The lowest BCUT2D eigenvalue weighted by Crippen LogP contribution is -2.54. The van der Waals surface area contributed by atoms with Gasteiger partial charge in [0.25, 0.3) is 5.78 Å². The van der Waals surface area contributed by atoms with Crippen LogP contribution in [0.15, 0.2) is 24.7 Å². The van der Waals surface area contributed by atoms with Crippen molar-refractivity contribution in [3.05, 3.63) is 41.9 Å². The molecule has 4 heterocycles. The number of aryl methyl sites for hydroxylation is 2. The van der Waals surface area contributed by atoms with Gasteiger partial charge in [0.2, 0.25) is 5.91 Å². The van der Waals surface area contributed by atoms with Crippen LogP contribution in [0, 0.1) is 13.8 Å². The quantitative estimate of drug-likeness (QED) is 0.638. The molecule has 2 atom stereocenters. The van der Waals surface area contributed by atoms with Crippen LogP contribution in [0.4, 0.5) is 5.82 Å². The van der Waals surface area contributed by atoms with E-state index in [1.165, 1.54) is 0 Å². The van der Waals surface area contributed by atoms with E-state index >= 15 is 0 Å². The Bertz CT molecular complexity index is 990. The molecule has 2 N–H and O–H groups in total. The van der Waals surface area contributed by atoms with Gasteiger partial charge in [0, 0.05) is 36.9 Å². The SMILES string of the molecule is Cc1cc(C)n2nc(CC(=O)N[C@@H]3CCN(c4cnccn4)C[C@H]3O)nc2n1. The Morgan fingerprint density at radius 2 is 2.18 bits per heavy atom. The van der Waals surface area contributed by atoms with Crippen molar-refractivity contribution in [1.82, 2.24) is 34.9 Å². The minimum atomic E-state index is -0.694. The fourth-order valence-electron chi connectivity index (χ4n) is 3.45. The maximum absolute atomic E-state index is 12.4. The van der Waals surface area contributed by atoms with Crippen LogP contribution in [0.3, 0.4) is 0 Å². The summed E-state index contributed by atoms with van der Waals surface area (Å²) < 4.78 is 1.63. The third-order valence-electron chi connectivity index (χ3n) is 4.78. The first-order valence-electron chi connectivity index (χ1n) is 9.18. The smallest absolute Gasteiger partial charge is 0.252 e. The molecule has 3 aromatic heterocycles. The lowest BCUT2D eigenvalue weighted by atomic mass is 10.0. The molecule has 1 fully saturated rings.